The second kappa shape index (κ2) is 11.0. The first-order valence-corrected chi connectivity index (χ1v) is 15.2. The average Bonchev–Trinajstić information content (AvgIpc) is 3.50. The zero-order valence-corrected chi connectivity index (χ0v) is 24.8. The molecule has 3 nitrogen and oxygen atoms in total. The van der Waals surface area contributed by atoms with Gasteiger partial charge in [0, 0.05) is 22.7 Å². The molecular formula is C39H30N2OS. The topological polar surface area (TPSA) is 46.0 Å². The van der Waals surface area contributed by atoms with Crippen molar-refractivity contribution in [2.45, 2.75) is 19.3 Å². The number of rotatable bonds is 6. The van der Waals surface area contributed by atoms with Gasteiger partial charge in [0.1, 0.15) is 10.8 Å². The Bertz CT molecular complexity index is 2060. The predicted octanol–water partition coefficient (Wildman–Crippen LogP) is 10.4. The normalized spacial score (nSPS) is 11.6. The van der Waals surface area contributed by atoms with E-state index >= 15 is 0 Å². The fraction of sp³-hybridized carbons (Fsp3) is 0.0769. The van der Waals surface area contributed by atoms with Crippen LogP contribution in [-0.2, 0) is 5.41 Å². The number of phenolic OH excluding ortho intramolecular Hbond substituents is 1. The average molecular weight is 575 g/mol. The molecule has 0 aliphatic rings. The number of para-hydroxylation sites is 2. The first-order valence-electron chi connectivity index (χ1n) is 14.4. The van der Waals surface area contributed by atoms with Crippen LogP contribution in [0.5, 0.6) is 5.75 Å². The summed E-state index contributed by atoms with van der Waals surface area (Å²) in [5.41, 5.74) is 10.3. The smallest absolute Gasteiger partial charge is 0.128 e. The Hall–Kier alpha value is -5.06. The Balaban J connectivity index is 1.40. The molecular weight excluding hydrogens is 545 g/mol. The highest BCUT2D eigenvalue weighted by Crippen LogP contribution is 2.41. The molecule has 0 amide bonds. The molecule has 0 saturated heterocycles. The van der Waals surface area contributed by atoms with E-state index in [1.807, 2.05) is 30.5 Å². The van der Waals surface area contributed by atoms with E-state index in [1.165, 1.54) is 11.1 Å². The third-order valence-corrected chi connectivity index (χ3v) is 9.23. The molecule has 2 heterocycles. The number of pyridine rings is 1. The van der Waals surface area contributed by atoms with Crippen LogP contribution in [0, 0.1) is 0 Å². The Morgan fingerprint density at radius 1 is 0.581 bits per heavy atom. The summed E-state index contributed by atoms with van der Waals surface area (Å²) in [5, 5.41) is 11.3. The summed E-state index contributed by atoms with van der Waals surface area (Å²) in [4.78, 5) is 9.91. The maximum absolute atomic E-state index is 10.5. The van der Waals surface area contributed by atoms with Crippen LogP contribution in [0.15, 0.2) is 140 Å². The molecule has 0 bridgehead atoms. The van der Waals surface area contributed by atoms with E-state index in [0.29, 0.717) is 0 Å². The summed E-state index contributed by atoms with van der Waals surface area (Å²) < 4.78 is 1.08. The monoisotopic (exact) mass is 574 g/mol. The Morgan fingerprint density at radius 2 is 1.26 bits per heavy atom. The number of fused-ring (bicyclic) bond motifs is 1. The minimum absolute atomic E-state index is 0.176. The number of aromatic hydroxyl groups is 1. The zero-order chi connectivity index (χ0) is 29.4. The Kier molecular flexibility index (Phi) is 6.84. The number of phenols is 1. The van der Waals surface area contributed by atoms with Gasteiger partial charge in [-0.15, -0.1) is 11.3 Å². The molecule has 0 aliphatic heterocycles. The van der Waals surface area contributed by atoms with E-state index in [1.54, 1.807) is 17.4 Å². The molecule has 5 aromatic carbocycles. The number of nitrogens with zero attached hydrogens (tertiary/aromatic N) is 2. The lowest BCUT2D eigenvalue weighted by Crippen LogP contribution is -2.18. The van der Waals surface area contributed by atoms with Crippen molar-refractivity contribution in [3.05, 3.63) is 151 Å². The standard InChI is InChI=1S/C39H30N2OS/c1-39(2,30-14-7-4-8-15-30)31-20-21-40-34(25-31)29-23-27(26-12-5-3-6-13-26)22-28(24-29)32-17-11-19-36-37(32)41-38(43-36)33-16-9-10-18-35(33)42/h3-25,42H,1-2H3. The van der Waals surface area contributed by atoms with Gasteiger partial charge in [-0.25, -0.2) is 4.98 Å². The summed E-state index contributed by atoms with van der Waals surface area (Å²) in [7, 11) is 0. The zero-order valence-electron chi connectivity index (χ0n) is 24.0. The number of benzene rings is 5. The highest BCUT2D eigenvalue weighted by Gasteiger charge is 2.24. The Labute approximate surface area is 255 Å². The second-order valence-corrected chi connectivity index (χ2v) is 12.3. The van der Waals surface area contributed by atoms with Gasteiger partial charge in [0.15, 0.2) is 0 Å². The van der Waals surface area contributed by atoms with Gasteiger partial charge in [-0.2, -0.15) is 0 Å². The van der Waals surface area contributed by atoms with Crippen LogP contribution < -0.4 is 0 Å². The van der Waals surface area contributed by atoms with Gasteiger partial charge in [0.25, 0.3) is 0 Å². The largest absolute Gasteiger partial charge is 0.507 e. The molecule has 7 aromatic rings. The molecule has 2 aromatic heterocycles. The van der Waals surface area contributed by atoms with Crippen molar-refractivity contribution in [1.82, 2.24) is 9.97 Å². The summed E-state index contributed by atoms with van der Waals surface area (Å²) in [6.07, 6.45) is 1.92. The number of aromatic nitrogens is 2. The number of thiazole rings is 1. The van der Waals surface area contributed by atoms with Crippen LogP contribution in [0.3, 0.4) is 0 Å². The van der Waals surface area contributed by atoms with Crippen LogP contribution >= 0.6 is 11.3 Å². The van der Waals surface area contributed by atoms with E-state index in [0.717, 1.165) is 54.3 Å². The summed E-state index contributed by atoms with van der Waals surface area (Å²) >= 11 is 1.59. The molecule has 4 heteroatoms. The predicted molar refractivity (Wildman–Crippen MR) is 179 cm³/mol. The van der Waals surface area contributed by atoms with E-state index < -0.39 is 0 Å². The SMILES string of the molecule is CC(C)(c1ccccc1)c1ccnc(-c2cc(-c3ccccc3)cc(-c3cccc4sc(-c5ccccc5O)nc34)c2)c1. The van der Waals surface area contributed by atoms with Crippen LogP contribution in [-0.4, -0.2) is 15.1 Å². The molecule has 0 fully saturated rings. The van der Waals surface area contributed by atoms with E-state index in [-0.39, 0.29) is 11.2 Å². The number of hydrogen-bond acceptors (Lipinski definition) is 4. The van der Waals surface area contributed by atoms with Crippen molar-refractivity contribution in [3.63, 3.8) is 0 Å². The fourth-order valence-corrected chi connectivity index (χ4v) is 6.70. The first kappa shape index (κ1) is 26.8. The minimum Gasteiger partial charge on any atom is -0.507 e. The fourth-order valence-electron chi connectivity index (χ4n) is 5.68. The first-order chi connectivity index (χ1) is 21.0. The van der Waals surface area contributed by atoms with Gasteiger partial charge in [0.2, 0.25) is 0 Å². The van der Waals surface area contributed by atoms with Crippen molar-refractivity contribution in [2.75, 3.05) is 0 Å². The summed E-state index contributed by atoms with van der Waals surface area (Å²) in [6.45, 7) is 4.52. The van der Waals surface area contributed by atoms with Crippen LogP contribution in [0.4, 0.5) is 0 Å². The quantitative estimate of drug-likeness (QED) is 0.215. The molecule has 7 rings (SSSR count). The van der Waals surface area contributed by atoms with E-state index in [9.17, 15) is 5.11 Å². The lowest BCUT2D eigenvalue weighted by molar-refractivity contribution is 0.477. The maximum atomic E-state index is 10.5. The van der Waals surface area contributed by atoms with Gasteiger partial charge in [-0.3, -0.25) is 4.98 Å². The van der Waals surface area contributed by atoms with Crippen molar-refractivity contribution in [3.8, 4) is 49.8 Å². The van der Waals surface area contributed by atoms with Gasteiger partial charge < -0.3 is 5.11 Å². The molecule has 1 N–H and O–H groups in total. The maximum Gasteiger partial charge on any atom is 0.128 e. The Morgan fingerprint density at radius 3 is 2.05 bits per heavy atom. The van der Waals surface area contributed by atoms with E-state index in [2.05, 4.69) is 117 Å². The summed E-state index contributed by atoms with van der Waals surface area (Å²) in [6, 6.07) is 45.8. The molecule has 0 unspecified atom stereocenters. The van der Waals surface area contributed by atoms with Gasteiger partial charge in [-0.1, -0.05) is 98.8 Å². The third-order valence-electron chi connectivity index (χ3n) is 8.18. The molecule has 0 radical (unpaired) electrons. The molecule has 0 saturated carbocycles. The van der Waals surface area contributed by atoms with Crippen molar-refractivity contribution >= 4 is 21.6 Å². The van der Waals surface area contributed by atoms with Crippen LogP contribution in [0.25, 0.3) is 54.3 Å². The van der Waals surface area contributed by atoms with Crippen molar-refractivity contribution < 1.29 is 5.11 Å². The van der Waals surface area contributed by atoms with Gasteiger partial charge >= 0.3 is 0 Å². The molecule has 0 spiro atoms. The van der Waals surface area contributed by atoms with Crippen LogP contribution in [0.1, 0.15) is 25.0 Å². The third kappa shape index (κ3) is 5.11. The minimum atomic E-state index is -0.176. The molecule has 0 aliphatic carbocycles. The molecule has 43 heavy (non-hydrogen) atoms. The van der Waals surface area contributed by atoms with E-state index in [4.69, 9.17) is 9.97 Å². The van der Waals surface area contributed by atoms with Gasteiger partial charge in [0.05, 0.1) is 21.5 Å². The molecule has 0 atom stereocenters. The van der Waals surface area contributed by atoms with Crippen molar-refractivity contribution in [2.24, 2.45) is 0 Å². The lowest BCUT2D eigenvalue weighted by atomic mass is 9.78. The lowest BCUT2D eigenvalue weighted by Gasteiger charge is -2.26. The highest BCUT2D eigenvalue weighted by molar-refractivity contribution is 7.21. The number of hydrogen-bond donors (Lipinski definition) is 1. The van der Waals surface area contributed by atoms with Crippen LogP contribution in [0.2, 0.25) is 0 Å². The highest BCUT2D eigenvalue weighted by atomic mass is 32.1. The van der Waals surface area contributed by atoms with Gasteiger partial charge in [-0.05, 0) is 76.3 Å². The molecule has 208 valence electrons. The summed E-state index contributed by atoms with van der Waals surface area (Å²) in [5.74, 6) is 0.237. The second-order valence-electron chi connectivity index (χ2n) is 11.3. The van der Waals surface area contributed by atoms with Crippen molar-refractivity contribution in [1.29, 1.82) is 0 Å².